The van der Waals surface area contributed by atoms with Crippen molar-refractivity contribution in [2.45, 2.75) is 26.3 Å². The molecule has 0 spiro atoms. The van der Waals surface area contributed by atoms with Crippen LogP contribution in [0.5, 0.6) is 0 Å². The Morgan fingerprint density at radius 3 is 2.90 bits per heavy atom. The molecule has 0 saturated carbocycles. The molecule has 3 N–H and O–H groups in total. The van der Waals surface area contributed by atoms with Crippen molar-refractivity contribution in [2.75, 3.05) is 7.05 Å². The fraction of sp³-hybridized carbons (Fsp3) is 0.357. The zero-order valence-electron chi connectivity index (χ0n) is 11.9. The molecule has 2 rings (SSSR count). The number of amides is 1. The van der Waals surface area contributed by atoms with E-state index in [2.05, 4.69) is 15.4 Å². The Hall–Kier alpha value is -2.21. The monoisotopic (exact) mass is 273 g/mol. The quantitative estimate of drug-likeness (QED) is 0.863. The summed E-state index contributed by atoms with van der Waals surface area (Å²) >= 11 is 0. The summed E-state index contributed by atoms with van der Waals surface area (Å²) in [5.74, 6) is 0.503. The third-order valence-corrected chi connectivity index (χ3v) is 2.93. The van der Waals surface area contributed by atoms with Crippen molar-refractivity contribution < 1.29 is 4.79 Å². The summed E-state index contributed by atoms with van der Waals surface area (Å²) in [4.78, 5) is 15.9. The van der Waals surface area contributed by atoms with Crippen LogP contribution < -0.4 is 11.1 Å². The molecule has 0 radical (unpaired) electrons. The summed E-state index contributed by atoms with van der Waals surface area (Å²) in [5, 5.41) is 6.76. The van der Waals surface area contributed by atoms with Crippen LogP contribution in [0.4, 0.5) is 0 Å². The highest BCUT2D eigenvalue weighted by Crippen LogP contribution is 2.13. The number of nitrogens with zero attached hydrogens (tertiary/aromatic N) is 3. The van der Waals surface area contributed by atoms with E-state index in [1.165, 1.54) is 0 Å². The Balaban J connectivity index is 2.29. The molecule has 1 amide bonds. The standard InChI is InChI=1S/C14H19N5O/c1-9-6-11(7-10(2)15)8-17-13(9)19-5-4-12(18-19)14(20)16-3/h4-6,8,10H,7,15H2,1-3H3,(H,16,20). The van der Waals surface area contributed by atoms with Gasteiger partial charge in [0.1, 0.15) is 0 Å². The van der Waals surface area contributed by atoms with E-state index in [9.17, 15) is 4.79 Å². The number of nitrogens with one attached hydrogen (secondary N) is 1. The zero-order valence-corrected chi connectivity index (χ0v) is 11.9. The number of pyridine rings is 1. The highest BCUT2D eigenvalue weighted by atomic mass is 16.1. The average molecular weight is 273 g/mol. The second-order valence-electron chi connectivity index (χ2n) is 4.89. The first-order chi connectivity index (χ1) is 9.51. The third kappa shape index (κ3) is 3.03. The number of aromatic nitrogens is 3. The molecule has 0 bridgehead atoms. The number of carbonyl (C=O) groups excluding carboxylic acids is 1. The van der Waals surface area contributed by atoms with Crippen LogP contribution >= 0.6 is 0 Å². The lowest BCUT2D eigenvalue weighted by atomic mass is 10.1. The van der Waals surface area contributed by atoms with Gasteiger partial charge in [0.25, 0.3) is 5.91 Å². The maximum atomic E-state index is 11.5. The molecule has 6 heteroatoms. The highest BCUT2D eigenvalue weighted by Gasteiger charge is 2.11. The minimum atomic E-state index is -0.213. The summed E-state index contributed by atoms with van der Waals surface area (Å²) in [6.45, 7) is 3.93. The molecule has 106 valence electrons. The molecule has 2 heterocycles. The average Bonchev–Trinajstić information content (AvgIpc) is 2.86. The molecule has 1 atom stereocenters. The van der Waals surface area contributed by atoms with E-state index in [1.54, 1.807) is 30.2 Å². The van der Waals surface area contributed by atoms with Crippen molar-refractivity contribution in [1.82, 2.24) is 20.1 Å². The number of aryl methyl sites for hydroxylation is 1. The van der Waals surface area contributed by atoms with Gasteiger partial charge in [0.15, 0.2) is 11.5 Å². The van der Waals surface area contributed by atoms with Crippen molar-refractivity contribution >= 4 is 5.91 Å². The van der Waals surface area contributed by atoms with Crippen molar-refractivity contribution in [3.63, 3.8) is 0 Å². The topological polar surface area (TPSA) is 85.8 Å². The van der Waals surface area contributed by atoms with Gasteiger partial charge in [0.2, 0.25) is 0 Å². The molecular weight excluding hydrogens is 254 g/mol. The molecule has 20 heavy (non-hydrogen) atoms. The summed E-state index contributed by atoms with van der Waals surface area (Å²) in [6.07, 6.45) is 4.31. The predicted molar refractivity (Wildman–Crippen MR) is 76.8 cm³/mol. The van der Waals surface area contributed by atoms with Crippen LogP contribution in [0.2, 0.25) is 0 Å². The van der Waals surface area contributed by atoms with E-state index >= 15 is 0 Å². The molecule has 0 saturated heterocycles. The molecule has 0 aromatic carbocycles. The Morgan fingerprint density at radius 1 is 1.55 bits per heavy atom. The molecule has 0 aliphatic carbocycles. The van der Waals surface area contributed by atoms with Gasteiger partial charge in [-0.25, -0.2) is 9.67 Å². The second kappa shape index (κ2) is 5.83. The number of nitrogens with two attached hydrogens (primary N) is 1. The molecule has 0 aliphatic rings. The lowest BCUT2D eigenvalue weighted by molar-refractivity contribution is 0.0957. The Labute approximate surface area is 118 Å². The van der Waals surface area contributed by atoms with Crippen LogP contribution in [-0.2, 0) is 6.42 Å². The Morgan fingerprint density at radius 2 is 2.30 bits per heavy atom. The number of hydrogen-bond acceptors (Lipinski definition) is 4. The first-order valence-corrected chi connectivity index (χ1v) is 6.50. The zero-order chi connectivity index (χ0) is 14.7. The first kappa shape index (κ1) is 14.2. The summed E-state index contributed by atoms with van der Waals surface area (Å²) in [5.41, 5.74) is 8.25. The SMILES string of the molecule is CNC(=O)c1ccn(-c2ncc(CC(C)N)cc2C)n1. The van der Waals surface area contributed by atoms with Crippen LogP contribution in [0.1, 0.15) is 28.5 Å². The molecule has 2 aromatic rings. The lowest BCUT2D eigenvalue weighted by Gasteiger charge is -2.09. The Kier molecular flexibility index (Phi) is 4.14. The van der Waals surface area contributed by atoms with Gasteiger partial charge in [-0.3, -0.25) is 4.79 Å². The van der Waals surface area contributed by atoms with Gasteiger partial charge >= 0.3 is 0 Å². The minimum absolute atomic E-state index is 0.103. The minimum Gasteiger partial charge on any atom is -0.354 e. The molecule has 0 fully saturated rings. The van der Waals surface area contributed by atoms with Gasteiger partial charge in [0.05, 0.1) is 0 Å². The second-order valence-corrected chi connectivity index (χ2v) is 4.89. The maximum Gasteiger partial charge on any atom is 0.271 e. The molecule has 1 unspecified atom stereocenters. The van der Waals surface area contributed by atoms with Gasteiger partial charge in [0, 0.05) is 25.5 Å². The van der Waals surface area contributed by atoms with Crippen molar-refractivity contribution in [3.05, 3.63) is 41.3 Å². The van der Waals surface area contributed by atoms with E-state index in [0.29, 0.717) is 11.5 Å². The van der Waals surface area contributed by atoms with E-state index in [4.69, 9.17) is 5.73 Å². The van der Waals surface area contributed by atoms with Crippen molar-refractivity contribution in [3.8, 4) is 5.82 Å². The fourth-order valence-electron chi connectivity index (χ4n) is 2.04. The van der Waals surface area contributed by atoms with Gasteiger partial charge in [-0.05, 0) is 37.5 Å². The maximum absolute atomic E-state index is 11.5. The molecule has 0 aliphatic heterocycles. The van der Waals surface area contributed by atoms with Crippen molar-refractivity contribution in [2.24, 2.45) is 5.73 Å². The summed E-state index contributed by atoms with van der Waals surface area (Å²) < 4.78 is 1.61. The molecule has 6 nitrogen and oxygen atoms in total. The molecule has 2 aromatic heterocycles. The van der Waals surface area contributed by atoms with E-state index in [0.717, 1.165) is 17.5 Å². The van der Waals surface area contributed by atoms with E-state index in [-0.39, 0.29) is 11.9 Å². The Bertz CT molecular complexity index is 618. The van der Waals surface area contributed by atoms with E-state index < -0.39 is 0 Å². The number of rotatable bonds is 4. The van der Waals surface area contributed by atoms with Crippen LogP contribution in [-0.4, -0.2) is 33.8 Å². The smallest absolute Gasteiger partial charge is 0.271 e. The number of hydrogen-bond donors (Lipinski definition) is 2. The van der Waals surface area contributed by atoms with Gasteiger partial charge in [-0.1, -0.05) is 6.07 Å². The normalized spacial score (nSPS) is 12.2. The van der Waals surface area contributed by atoms with E-state index in [1.807, 2.05) is 19.9 Å². The van der Waals surface area contributed by atoms with Crippen LogP contribution in [0.15, 0.2) is 24.5 Å². The van der Waals surface area contributed by atoms with Crippen LogP contribution in [0.3, 0.4) is 0 Å². The summed E-state index contributed by atoms with van der Waals surface area (Å²) in [7, 11) is 1.58. The largest absolute Gasteiger partial charge is 0.354 e. The van der Waals surface area contributed by atoms with Crippen LogP contribution in [0.25, 0.3) is 5.82 Å². The van der Waals surface area contributed by atoms with Gasteiger partial charge in [-0.15, -0.1) is 0 Å². The van der Waals surface area contributed by atoms with Crippen LogP contribution in [0, 0.1) is 6.92 Å². The number of carbonyl (C=O) groups is 1. The van der Waals surface area contributed by atoms with Gasteiger partial charge in [-0.2, -0.15) is 5.10 Å². The fourth-order valence-corrected chi connectivity index (χ4v) is 2.04. The third-order valence-electron chi connectivity index (χ3n) is 2.93. The molecular formula is C14H19N5O. The highest BCUT2D eigenvalue weighted by molar-refractivity contribution is 5.91. The first-order valence-electron chi connectivity index (χ1n) is 6.50. The van der Waals surface area contributed by atoms with Gasteiger partial charge < -0.3 is 11.1 Å². The van der Waals surface area contributed by atoms with Crippen molar-refractivity contribution in [1.29, 1.82) is 0 Å². The predicted octanol–water partition coefficient (Wildman–Crippen LogP) is 0.825. The summed E-state index contributed by atoms with van der Waals surface area (Å²) in [6, 6.07) is 3.81. The lowest BCUT2D eigenvalue weighted by Crippen LogP contribution is -2.19.